The van der Waals surface area contributed by atoms with Crippen molar-refractivity contribution in [2.24, 2.45) is 0 Å². The molecule has 4 heteroatoms. The molecule has 0 radical (unpaired) electrons. The third-order valence-corrected chi connectivity index (χ3v) is 4.91. The summed E-state index contributed by atoms with van der Waals surface area (Å²) in [5.74, 6) is 0.893. The molecule has 0 bridgehead atoms. The number of unbranched alkanes of at least 4 members (excludes halogenated alkanes) is 1. The molecule has 1 unspecified atom stereocenters. The highest BCUT2D eigenvalue weighted by atomic mass is 16.5. The summed E-state index contributed by atoms with van der Waals surface area (Å²) in [6.07, 6.45) is 4.78. The Kier molecular flexibility index (Phi) is 8.03. The largest absolute Gasteiger partial charge is 0.494 e. The summed E-state index contributed by atoms with van der Waals surface area (Å²) in [6.45, 7) is 9.82. The van der Waals surface area contributed by atoms with Gasteiger partial charge in [-0.25, -0.2) is 0 Å². The lowest BCUT2D eigenvalue weighted by atomic mass is 9.86. The van der Waals surface area contributed by atoms with Gasteiger partial charge in [-0.2, -0.15) is 0 Å². The van der Waals surface area contributed by atoms with Crippen LogP contribution in [0.1, 0.15) is 51.5 Å². The molecule has 2 N–H and O–H groups in total. The van der Waals surface area contributed by atoms with Crippen LogP contribution in [-0.2, 0) is 10.3 Å². The predicted octanol–water partition coefficient (Wildman–Crippen LogP) is 2.16. The highest BCUT2D eigenvalue weighted by Crippen LogP contribution is 2.31. The van der Waals surface area contributed by atoms with Crippen molar-refractivity contribution < 1.29 is 19.5 Å². The van der Waals surface area contributed by atoms with Gasteiger partial charge < -0.3 is 19.5 Å². The quantitative estimate of drug-likeness (QED) is 0.644. The Morgan fingerprint density at radius 1 is 1.08 bits per heavy atom. The Hall–Kier alpha value is -1.10. The van der Waals surface area contributed by atoms with E-state index in [0.717, 1.165) is 82.9 Å². The van der Waals surface area contributed by atoms with Gasteiger partial charge in [-0.3, -0.25) is 0 Å². The van der Waals surface area contributed by atoms with Gasteiger partial charge in [0.25, 0.3) is 0 Å². The van der Waals surface area contributed by atoms with Crippen molar-refractivity contribution in [3.63, 3.8) is 0 Å². The highest BCUT2D eigenvalue weighted by Gasteiger charge is 2.30. The Balaban J connectivity index is 1.96. The number of rotatable bonds is 10. The fraction of sp³-hybridized carbons (Fsp3) is 0.700. The molecule has 1 fully saturated rings. The number of morpholine rings is 1. The Labute approximate surface area is 146 Å². The second-order valence-electron chi connectivity index (χ2n) is 6.87. The number of nitrogens with one attached hydrogen (secondary N) is 1. The molecule has 1 aliphatic rings. The van der Waals surface area contributed by atoms with Gasteiger partial charge in [0, 0.05) is 6.42 Å². The Bertz CT molecular complexity index is 456. The van der Waals surface area contributed by atoms with Crippen LogP contribution in [0.25, 0.3) is 0 Å². The molecular weight excluding hydrogens is 302 g/mol. The topological polar surface area (TPSA) is 43.1 Å². The summed E-state index contributed by atoms with van der Waals surface area (Å²) in [4.78, 5) is 1.54. The van der Waals surface area contributed by atoms with Crippen molar-refractivity contribution in [3.8, 4) is 5.75 Å². The van der Waals surface area contributed by atoms with Gasteiger partial charge in [-0.05, 0) is 30.5 Å². The van der Waals surface area contributed by atoms with E-state index >= 15 is 0 Å². The lowest BCUT2D eigenvalue weighted by Gasteiger charge is -2.31. The van der Waals surface area contributed by atoms with Crippen LogP contribution < -0.4 is 9.64 Å². The molecule has 0 spiro atoms. The molecule has 1 aliphatic heterocycles. The highest BCUT2D eigenvalue weighted by molar-refractivity contribution is 5.31. The Morgan fingerprint density at radius 3 is 2.42 bits per heavy atom. The predicted molar refractivity (Wildman–Crippen MR) is 96.6 cm³/mol. The lowest BCUT2D eigenvalue weighted by Crippen LogP contribution is -3.14. The standard InChI is InChI=1S/C20H33NO3/c1-3-5-15-24-19-8-6-18(7-9-19)20(22,10-4-2)11-12-21-13-16-23-17-14-21/h6-9,22H,3-5,10-17H2,1-2H3/p+1. The van der Waals surface area contributed by atoms with Gasteiger partial charge >= 0.3 is 0 Å². The lowest BCUT2D eigenvalue weighted by molar-refractivity contribution is -0.909. The van der Waals surface area contributed by atoms with E-state index in [1.54, 1.807) is 0 Å². The van der Waals surface area contributed by atoms with Crippen LogP contribution in [-0.4, -0.2) is 44.6 Å². The van der Waals surface area contributed by atoms with Gasteiger partial charge in [0.1, 0.15) is 18.8 Å². The van der Waals surface area contributed by atoms with Crippen molar-refractivity contribution in [2.45, 2.75) is 51.6 Å². The zero-order chi connectivity index (χ0) is 17.3. The third kappa shape index (κ3) is 5.76. The van der Waals surface area contributed by atoms with Crippen LogP contribution in [0.3, 0.4) is 0 Å². The molecule has 1 saturated heterocycles. The average molecular weight is 336 g/mol. The van der Waals surface area contributed by atoms with E-state index in [-0.39, 0.29) is 0 Å². The summed E-state index contributed by atoms with van der Waals surface area (Å²) in [7, 11) is 0. The number of hydrogen-bond acceptors (Lipinski definition) is 3. The fourth-order valence-corrected chi connectivity index (χ4v) is 3.32. The first-order valence-corrected chi connectivity index (χ1v) is 9.55. The van der Waals surface area contributed by atoms with Crippen molar-refractivity contribution in [1.29, 1.82) is 0 Å². The minimum absolute atomic E-state index is 0.734. The van der Waals surface area contributed by atoms with Gasteiger partial charge in [-0.1, -0.05) is 38.8 Å². The second-order valence-corrected chi connectivity index (χ2v) is 6.87. The van der Waals surface area contributed by atoms with E-state index in [0.29, 0.717) is 0 Å². The minimum Gasteiger partial charge on any atom is -0.494 e. The summed E-state index contributed by atoms with van der Waals surface area (Å²) in [5, 5.41) is 11.2. The molecule has 4 nitrogen and oxygen atoms in total. The third-order valence-electron chi connectivity index (χ3n) is 4.91. The van der Waals surface area contributed by atoms with Gasteiger partial charge in [0.2, 0.25) is 0 Å². The molecule has 0 aliphatic carbocycles. The van der Waals surface area contributed by atoms with Crippen molar-refractivity contribution in [2.75, 3.05) is 39.5 Å². The van der Waals surface area contributed by atoms with Crippen LogP contribution in [0.2, 0.25) is 0 Å². The normalized spacial score (nSPS) is 18.3. The monoisotopic (exact) mass is 336 g/mol. The van der Waals surface area contributed by atoms with Crippen LogP contribution >= 0.6 is 0 Å². The van der Waals surface area contributed by atoms with Crippen LogP contribution in [0.4, 0.5) is 0 Å². The smallest absolute Gasteiger partial charge is 0.119 e. The SMILES string of the molecule is CCCCOc1ccc(C(O)(CCC)CC[NH+]2CCOCC2)cc1. The first kappa shape index (κ1) is 19.2. The van der Waals surface area contributed by atoms with E-state index in [1.165, 1.54) is 4.90 Å². The molecule has 0 amide bonds. The average Bonchev–Trinajstić information content (AvgIpc) is 2.62. The first-order chi connectivity index (χ1) is 11.7. The summed E-state index contributed by atoms with van der Waals surface area (Å²) in [5.41, 5.74) is 0.280. The number of hydrogen-bond donors (Lipinski definition) is 2. The van der Waals surface area contributed by atoms with Crippen LogP contribution in [0, 0.1) is 0 Å². The molecular formula is C20H34NO3+. The maximum atomic E-state index is 11.2. The second kappa shape index (κ2) is 10.0. The minimum atomic E-state index is -0.734. The van der Waals surface area contributed by atoms with Gasteiger partial charge in [-0.15, -0.1) is 0 Å². The van der Waals surface area contributed by atoms with Crippen molar-refractivity contribution in [3.05, 3.63) is 29.8 Å². The summed E-state index contributed by atoms with van der Waals surface area (Å²) < 4.78 is 11.1. The number of benzene rings is 1. The molecule has 136 valence electrons. The summed E-state index contributed by atoms with van der Waals surface area (Å²) >= 11 is 0. The van der Waals surface area contributed by atoms with E-state index < -0.39 is 5.60 Å². The maximum Gasteiger partial charge on any atom is 0.119 e. The molecule has 0 saturated carbocycles. The first-order valence-electron chi connectivity index (χ1n) is 9.55. The van der Waals surface area contributed by atoms with E-state index in [4.69, 9.17) is 9.47 Å². The van der Waals surface area contributed by atoms with Crippen LogP contribution in [0.5, 0.6) is 5.75 Å². The molecule has 2 rings (SSSR count). The molecule has 24 heavy (non-hydrogen) atoms. The van der Waals surface area contributed by atoms with Crippen molar-refractivity contribution in [1.82, 2.24) is 0 Å². The molecule has 1 heterocycles. The van der Waals surface area contributed by atoms with Crippen molar-refractivity contribution >= 4 is 0 Å². The van der Waals surface area contributed by atoms with E-state index in [2.05, 4.69) is 13.8 Å². The van der Waals surface area contributed by atoms with Gasteiger partial charge in [0.15, 0.2) is 0 Å². The molecule has 0 aromatic heterocycles. The fourth-order valence-electron chi connectivity index (χ4n) is 3.32. The van der Waals surface area contributed by atoms with E-state index in [1.807, 2.05) is 24.3 Å². The number of quaternary nitrogens is 1. The van der Waals surface area contributed by atoms with Gasteiger partial charge in [0.05, 0.1) is 32.0 Å². The zero-order valence-corrected chi connectivity index (χ0v) is 15.4. The van der Waals surface area contributed by atoms with Crippen LogP contribution in [0.15, 0.2) is 24.3 Å². The molecule has 1 atom stereocenters. The summed E-state index contributed by atoms with van der Waals surface area (Å²) in [6, 6.07) is 8.05. The molecule has 1 aromatic rings. The Morgan fingerprint density at radius 2 is 1.79 bits per heavy atom. The number of ether oxygens (including phenoxy) is 2. The maximum absolute atomic E-state index is 11.2. The zero-order valence-electron chi connectivity index (χ0n) is 15.4. The molecule has 1 aromatic carbocycles. The van der Waals surface area contributed by atoms with E-state index in [9.17, 15) is 5.11 Å². The number of aliphatic hydroxyl groups is 1.